The fraction of sp³-hybridized carbons (Fsp3) is 0.438. The zero-order valence-corrected chi connectivity index (χ0v) is 13.9. The molecule has 0 aliphatic carbocycles. The fourth-order valence-electron chi connectivity index (χ4n) is 2.94. The maximum atomic E-state index is 13.8. The van der Waals surface area contributed by atoms with E-state index in [1.165, 1.54) is 0 Å². The lowest BCUT2D eigenvalue weighted by Gasteiger charge is -2.23. The average Bonchev–Trinajstić information content (AvgIpc) is 2.60. The molecule has 1 atom stereocenters. The summed E-state index contributed by atoms with van der Waals surface area (Å²) in [7, 11) is 0. The zero-order chi connectivity index (χ0) is 19.6. The molecule has 0 saturated carbocycles. The van der Waals surface area contributed by atoms with Crippen molar-refractivity contribution in [2.45, 2.75) is 31.4 Å². The van der Waals surface area contributed by atoms with Crippen LogP contribution in [0.5, 0.6) is 0 Å². The second kappa shape index (κ2) is 7.91. The molecule has 27 heavy (non-hydrogen) atoms. The number of halogens is 4. The Bertz CT molecular complexity index is 893. The minimum Gasteiger partial charge on any atom is -0.381 e. The van der Waals surface area contributed by atoms with E-state index in [9.17, 15) is 27.2 Å². The van der Waals surface area contributed by atoms with E-state index < -0.39 is 53.0 Å². The number of hydrogen-bond donors (Lipinski definition) is 2. The second-order valence-electron chi connectivity index (χ2n) is 6.01. The van der Waals surface area contributed by atoms with Gasteiger partial charge < -0.3 is 10.1 Å². The van der Waals surface area contributed by atoms with E-state index >= 15 is 0 Å². The molecule has 0 amide bonds. The van der Waals surface area contributed by atoms with Crippen LogP contribution in [0.4, 0.5) is 23.5 Å². The number of aromatic nitrogens is 3. The van der Waals surface area contributed by atoms with Gasteiger partial charge in [-0.25, -0.2) is 31.7 Å². The quantitative estimate of drug-likeness (QED) is 0.765. The van der Waals surface area contributed by atoms with Crippen LogP contribution in [0.1, 0.15) is 30.5 Å². The van der Waals surface area contributed by atoms with Crippen molar-refractivity contribution in [2.24, 2.45) is 0 Å². The van der Waals surface area contributed by atoms with Gasteiger partial charge in [0.1, 0.15) is 17.7 Å². The van der Waals surface area contributed by atoms with Crippen LogP contribution in [0.3, 0.4) is 0 Å². The predicted molar refractivity (Wildman–Crippen MR) is 86.9 cm³/mol. The van der Waals surface area contributed by atoms with Gasteiger partial charge in [0.2, 0.25) is 5.95 Å². The number of rotatable bonds is 5. The Kier molecular flexibility index (Phi) is 5.59. The Morgan fingerprint density at radius 3 is 2.52 bits per heavy atom. The highest BCUT2D eigenvalue weighted by Crippen LogP contribution is 2.26. The molecular formula is C16H16F4N4O3. The highest BCUT2D eigenvalue weighted by Gasteiger charge is 2.27. The molecule has 0 spiro atoms. The normalized spacial score (nSPS) is 16.5. The Balaban J connectivity index is 1.91. The molecule has 146 valence electrons. The summed E-state index contributed by atoms with van der Waals surface area (Å²) in [5, 5.41) is 2.15. The van der Waals surface area contributed by atoms with Gasteiger partial charge in [0.05, 0.1) is 0 Å². The number of nitrogens with zero attached hydrogens (tertiary/aromatic N) is 2. The monoisotopic (exact) mass is 388 g/mol. The third-order valence-electron chi connectivity index (χ3n) is 4.26. The molecule has 11 heteroatoms. The van der Waals surface area contributed by atoms with E-state index in [0.29, 0.717) is 32.1 Å². The molecular weight excluding hydrogens is 372 g/mol. The van der Waals surface area contributed by atoms with Gasteiger partial charge in [0.25, 0.3) is 6.43 Å². The topological polar surface area (TPSA) is 89.0 Å². The van der Waals surface area contributed by atoms with Crippen molar-refractivity contribution in [1.29, 1.82) is 0 Å². The molecule has 2 heterocycles. The minimum atomic E-state index is -3.12. The molecule has 1 aliphatic rings. The van der Waals surface area contributed by atoms with Crippen LogP contribution in [0, 0.1) is 11.6 Å². The highest BCUT2D eigenvalue weighted by atomic mass is 19.3. The van der Waals surface area contributed by atoms with E-state index in [-0.39, 0.29) is 0 Å². The molecule has 1 fully saturated rings. The van der Waals surface area contributed by atoms with Crippen LogP contribution in [0.2, 0.25) is 0 Å². The van der Waals surface area contributed by atoms with Gasteiger partial charge in [0, 0.05) is 30.9 Å². The van der Waals surface area contributed by atoms with E-state index in [2.05, 4.69) is 15.3 Å². The van der Waals surface area contributed by atoms with Crippen LogP contribution in [0.15, 0.2) is 27.8 Å². The van der Waals surface area contributed by atoms with E-state index in [0.717, 1.165) is 16.7 Å². The Labute approximate surface area is 150 Å². The number of hydrogen-bond acceptors (Lipinski definition) is 5. The second-order valence-corrected chi connectivity index (χ2v) is 6.01. The molecule has 2 aromatic rings. The van der Waals surface area contributed by atoms with Crippen LogP contribution in [-0.2, 0) is 4.74 Å². The minimum absolute atomic E-state index is 0.383. The summed E-state index contributed by atoms with van der Waals surface area (Å²) in [6.45, 7) is 0.766. The van der Waals surface area contributed by atoms with Crippen molar-refractivity contribution >= 4 is 5.95 Å². The van der Waals surface area contributed by atoms with Crippen LogP contribution in [-0.4, -0.2) is 34.2 Å². The van der Waals surface area contributed by atoms with Crippen LogP contribution < -0.4 is 16.7 Å². The van der Waals surface area contributed by atoms with Crippen molar-refractivity contribution in [3.63, 3.8) is 0 Å². The molecule has 1 saturated heterocycles. The maximum absolute atomic E-state index is 13.8. The van der Waals surface area contributed by atoms with Crippen LogP contribution >= 0.6 is 0 Å². The highest BCUT2D eigenvalue weighted by molar-refractivity contribution is 5.32. The Hall–Kier alpha value is -2.69. The van der Waals surface area contributed by atoms with Gasteiger partial charge in [-0.3, -0.25) is 4.98 Å². The summed E-state index contributed by atoms with van der Waals surface area (Å²) < 4.78 is 59.7. The Morgan fingerprint density at radius 1 is 1.22 bits per heavy atom. The number of benzene rings is 1. The first-order valence-corrected chi connectivity index (χ1v) is 8.17. The molecule has 0 unspecified atom stereocenters. The summed E-state index contributed by atoms with van der Waals surface area (Å²) in [5.74, 6) is -2.64. The summed E-state index contributed by atoms with van der Waals surface area (Å²) in [5.41, 5.74) is -2.26. The lowest BCUT2D eigenvalue weighted by Crippen LogP contribution is -2.42. The van der Waals surface area contributed by atoms with Gasteiger partial charge in [0.15, 0.2) is 0 Å². The van der Waals surface area contributed by atoms with Crippen molar-refractivity contribution < 1.29 is 22.3 Å². The third kappa shape index (κ3) is 4.18. The van der Waals surface area contributed by atoms with Crippen LogP contribution in [0.25, 0.3) is 0 Å². The molecule has 3 rings (SSSR count). The first kappa shape index (κ1) is 19.1. The van der Waals surface area contributed by atoms with E-state index in [1.807, 2.05) is 0 Å². The average molecular weight is 388 g/mol. The van der Waals surface area contributed by atoms with Gasteiger partial charge in [-0.05, 0) is 18.9 Å². The smallest absolute Gasteiger partial charge is 0.355 e. The number of anilines is 1. The largest absolute Gasteiger partial charge is 0.381 e. The zero-order valence-electron chi connectivity index (χ0n) is 13.9. The predicted octanol–water partition coefficient (Wildman–Crippen LogP) is 1.98. The molecule has 2 N–H and O–H groups in total. The first-order chi connectivity index (χ1) is 12.9. The summed E-state index contributed by atoms with van der Waals surface area (Å²) in [6.07, 6.45) is -2.23. The molecule has 1 aromatic carbocycles. The molecule has 7 nitrogen and oxygen atoms in total. The SMILES string of the molecule is O=c1nc(N[C@H](c2ccc(F)cc2F)C(F)F)[nH]c(=O)n1C1CCOCC1. The van der Waals surface area contributed by atoms with Gasteiger partial charge >= 0.3 is 11.4 Å². The summed E-state index contributed by atoms with van der Waals surface area (Å²) >= 11 is 0. The fourth-order valence-corrected chi connectivity index (χ4v) is 2.94. The maximum Gasteiger partial charge on any atom is 0.355 e. The molecule has 1 aliphatic heterocycles. The lowest BCUT2D eigenvalue weighted by molar-refractivity contribution is 0.0670. The van der Waals surface area contributed by atoms with Crippen molar-refractivity contribution in [3.8, 4) is 0 Å². The standard InChI is InChI=1S/C16H16F4N4O3/c17-8-1-2-10(11(18)7-8)12(13(19)20)21-14-22-15(25)24(16(26)23-14)9-3-5-27-6-4-9/h1-2,7,9,12-13H,3-6H2,(H2,21,22,23,25,26)/t12-/m1/s1. The number of H-pyrrole nitrogens is 1. The molecule has 0 bridgehead atoms. The Morgan fingerprint density at radius 2 is 1.93 bits per heavy atom. The number of alkyl halides is 2. The first-order valence-electron chi connectivity index (χ1n) is 8.17. The van der Waals surface area contributed by atoms with Crippen molar-refractivity contribution in [1.82, 2.24) is 14.5 Å². The van der Waals surface area contributed by atoms with Gasteiger partial charge in [-0.2, -0.15) is 4.98 Å². The number of ether oxygens (including phenoxy) is 1. The van der Waals surface area contributed by atoms with Crippen molar-refractivity contribution in [3.05, 3.63) is 56.4 Å². The number of aromatic amines is 1. The molecule has 0 radical (unpaired) electrons. The van der Waals surface area contributed by atoms with Gasteiger partial charge in [-0.15, -0.1) is 0 Å². The summed E-state index contributed by atoms with van der Waals surface area (Å²) in [4.78, 5) is 30.2. The third-order valence-corrected chi connectivity index (χ3v) is 4.26. The molecule has 1 aromatic heterocycles. The lowest BCUT2D eigenvalue weighted by atomic mass is 10.1. The summed E-state index contributed by atoms with van der Waals surface area (Å²) in [6, 6.07) is -0.194. The number of nitrogens with one attached hydrogen (secondary N) is 2. The van der Waals surface area contributed by atoms with E-state index in [1.54, 1.807) is 0 Å². The van der Waals surface area contributed by atoms with E-state index in [4.69, 9.17) is 4.74 Å². The van der Waals surface area contributed by atoms with Crippen molar-refractivity contribution in [2.75, 3.05) is 18.5 Å². The van der Waals surface area contributed by atoms with Gasteiger partial charge in [-0.1, -0.05) is 6.07 Å².